The van der Waals surface area contributed by atoms with Gasteiger partial charge in [-0.05, 0) is 37.6 Å². The van der Waals surface area contributed by atoms with Crippen LogP contribution in [0.15, 0.2) is 82.7 Å². The number of nitrogens with one attached hydrogen (secondary N) is 1. The second-order valence-corrected chi connectivity index (χ2v) is 6.35. The van der Waals surface area contributed by atoms with E-state index in [-0.39, 0.29) is 18.2 Å². The number of hydrazone groups is 1. The van der Waals surface area contributed by atoms with Gasteiger partial charge in [0.2, 0.25) is 0 Å². The zero-order chi connectivity index (χ0) is 20.0. The molecule has 28 heavy (non-hydrogen) atoms. The number of alkyl halides is 2. The van der Waals surface area contributed by atoms with Gasteiger partial charge in [-0.25, -0.2) is 5.01 Å². The smallest absolute Gasteiger partial charge is 0.286 e. The van der Waals surface area contributed by atoms with E-state index < -0.39 is 11.8 Å². The van der Waals surface area contributed by atoms with Crippen molar-refractivity contribution in [2.24, 2.45) is 10.1 Å². The molecule has 0 aliphatic carbocycles. The van der Waals surface area contributed by atoms with Crippen molar-refractivity contribution in [2.45, 2.75) is 25.3 Å². The summed E-state index contributed by atoms with van der Waals surface area (Å²) in [4.78, 5) is 8.16. The highest BCUT2D eigenvalue weighted by Gasteiger charge is 2.41. The topological polar surface area (TPSA) is 64.7 Å². The number of hydrogen-bond donors (Lipinski definition) is 1. The molecule has 0 bridgehead atoms. The largest absolute Gasteiger partial charge is 0.330 e. The lowest BCUT2D eigenvalue weighted by molar-refractivity contribution is 0.106. The van der Waals surface area contributed by atoms with E-state index in [1.165, 1.54) is 12.2 Å². The van der Waals surface area contributed by atoms with Crippen LogP contribution in [0.25, 0.3) is 0 Å². The number of aromatic nitrogens is 1. The number of amidine groups is 1. The van der Waals surface area contributed by atoms with Gasteiger partial charge < -0.3 is 0 Å². The van der Waals surface area contributed by atoms with E-state index in [1.807, 2.05) is 6.92 Å². The third kappa shape index (κ3) is 4.54. The first-order valence-electron chi connectivity index (χ1n) is 8.95. The van der Waals surface area contributed by atoms with Gasteiger partial charge in [0.15, 0.2) is 5.84 Å². The molecule has 3 rings (SSSR count). The van der Waals surface area contributed by atoms with Crippen LogP contribution in [0, 0.1) is 5.41 Å². The zero-order valence-electron chi connectivity index (χ0n) is 15.5. The molecule has 0 saturated carbocycles. The average molecular weight is 381 g/mol. The molecule has 0 saturated heterocycles. The van der Waals surface area contributed by atoms with Crippen LogP contribution in [-0.2, 0) is 0 Å². The average Bonchev–Trinajstić information content (AvgIpc) is 2.72. The molecule has 7 heteroatoms. The molecule has 1 N–H and O–H groups in total. The summed E-state index contributed by atoms with van der Waals surface area (Å²) in [6.07, 6.45) is 16.5. The summed E-state index contributed by atoms with van der Waals surface area (Å²) < 4.78 is 30.3. The summed E-state index contributed by atoms with van der Waals surface area (Å²) in [6.45, 7) is 1.92. The number of allylic oxidation sites excluding steroid dienone is 5. The normalized spacial score (nSPS) is 25.2. The van der Waals surface area contributed by atoms with Crippen LogP contribution in [0.4, 0.5) is 8.78 Å². The predicted octanol–water partition coefficient (Wildman–Crippen LogP) is 4.17. The van der Waals surface area contributed by atoms with Crippen molar-refractivity contribution < 1.29 is 8.78 Å². The first-order valence-corrected chi connectivity index (χ1v) is 8.95. The maximum Gasteiger partial charge on any atom is 0.330 e. The van der Waals surface area contributed by atoms with Crippen LogP contribution >= 0.6 is 0 Å². The van der Waals surface area contributed by atoms with Gasteiger partial charge in [-0.1, -0.05) is 30.4 Å². The third-order valence-electron chi connectivity index (χ3n) is 4.25. The van der Waals surface area contributed by atoms with E-state index in [1.54, 1.807) is 61.1 Å². The number of nitrogens with zero attached hydrogens (tertiary/aromatic N) is 4. The number of rotatable bonds is 3. The van der Waals surface area contributed by atoms with Crippen LogP contribution in [0.2, 0.25) is 0 Å². The lowest BCUT2D eigenvalue weighted by Crippen LogP contribution is -2.42. The summed E-state index contributed by atoms with van der Waals surface area (Å²) in [6, 6.07) is 3.26. The molecule has 0 spiro atoms. The van der Waals surface area contributed by atoms with Gasteiger partial charge in [-0.3, -0.25) is 15.4 Å². The summed E-state index contributed by atoms with van der Waals surface area (Å²) in [5.41, 5.74) is 1.03. The minimum atomic E-state index is -3.48. The fraction of sp³-hybridized carbons (Fsp3) is 0.238. The molecule has 1 unspecified atom stereocenters. The van der Waals surface area contributed by atoms with Crippen LogP contribution in [-0.4, -0.2) is 46.3 Å². The van der Waals surface area contributed by atoms with E-state index >= 15 is 8.78 Å². The van der Waals surface area contributed by atoms with E-state index in [9.17, 15) is 0 Å². The van der Waals surface area contributed by atoms with Crippen LogP contribution in [0.1, 0.15) is 18.9 Å². The molecule has 0 fully saturated rings. The van der Waals surface area contributed by atoms with Gasteiger partial charge in [0.05, 0.1) is 18.3 Å². The Morgan fingerprint density at radius 1 is 1.21 bits per heavy atom. The van der Waals surface area contributed by atoms with Crippen molar-refractivity contribution >= 4 is 17.8 Å². The fourth-order valence-corrected chi connectivity index (χ4v) is 2.70. The highest BCUT2D eigenvalue weighted by Crippen LogP contribution is 2.30. The first kappa shape index (κ1) is 19.5. The Balaban J connectivity index is 1.86. The molecule has 0 radical (unpaired) electrons. The zero-order valence-corrected chi connectivity index (χ0v) is 15.5. The number of aliphatic imine (C=N–C) groups is 1. The molecule has 144 valence electrons. The fourth-order valence-electron chi connectivity index (χ4n) is 2.70. The molecule has 5 nitrogen and oxygen atoms in total. The Hall–Kier alpha value is -3.22. The van der Waals surface area contributed by atoms with Crippen LogP contribution < -0.4 is 0 Å². The molecule has 0 aromatic carbocycles. The van der Waals surface area contributed by atoms with Crippen molar-refractivity contribution in [1.82, 2.24) is 9.99 Å². The molecule has 2 aliphatic heterocycles. The van der Waals surface area contributed by atoms with Gasteiger partial charge >= 0.3 is 5.92 Å². The molecule has 2 aliphatic rings. The van der Waals surface area contributed by atoms with Crippen molar-refractivity contribution in [2.75, 3.05) is 6.54 Å². The van der Waals surface area contributed by atoms with Gasteiger partial charge in [0.25, 0.3) is 0 Å². The minimum absolute atomic E-state index is 0.112. The summed E-state index contributed by atoms with van der Waals surface area (Å²) >= 11 is 0. The molecular weight excluding hydrogens is 360 g/mol. The first-order chi connectivity index (χ1) is 13.5. The molecule has 1 atom stereocenters. The third-order valence-corrected chi connectivity index (χ3v) is 4.25. The number of pyridine rings is 1. The minimum Gasteiger partial charge on any atom is -0.286 e. The Morgan fingerprint density at radius 2 is 2.00 bits per heavy atom. The van der Waals surface area contributed by atoms with E-state index in [4.69, 9.17) is 5.41 Å². The summed E-state index contributed by atoms with van der Waals surface area (Å²) in [5, 5.41) is 13.4. The predicted molar refractivity (Wildman–Crippen MR) is 108 cm³/mol. The Morgan fingerprint density at radius 3 is 2.79 bits per heavy atom. The maximum absolute atomic E-state index is 15.1. The highest BCUT2D eigenvalue weighted by molar-refractivity contribution is 6.09. The van der Waals surface area contributed by atoms with Crippen molar-refractivity contribution in [1.29, 1.82) is 5.41 Å². The lowest BCUT2D eigenvalue weighted by atomic mass is 10.0. The van der Waals surface area contributed by atoms with E-state index in [0.29, 0.717) is 12.1 Å². The van der Waals surface area contributed by atoms with E-state index in [0.717, 1.165) is 10.6 Å². The maximum atomic E-state index is 15.1. The molecular formula is C21H21F2N5. The number of halogens is 2. The standard InChI is InChI=1S/C21H21F2N5/c1-16-8-9-18(6-3-2-4-12-26-16)21(22,23)20(24)28-15-5-7-19(27-28)17-10-13-25-14-11-17/h2,4-14,16,24H,3,15H2,1H3/b4-2-,9-8-,18-6+,24-20?,26-12-. The Bertz CT molecular complexity index is 895. The van der Waals surface area contributed by atoms with Crippen molar-refractivity contribution in [3.63, 3.8) is 0 Å². The molecule has 1 aromatic heterocycles. The molecule has 0 amide bonds. The van der Waals surface area contributed by atoms with Crippen LogP contribution in [0.5, 0.6) is 0 Å². The van der Waals surface area contributed by atoms with E-state index in [2.05, 4.69) is 15.1 Å². The van der Waals surface area contributed by atoms with Crippen molar-refractivity contribution in [3.05, 3.63) is 78.2 Å². The van der Waals surface area contributed by atoms with Gasteiger partial charge in [0.1, 0.15) is 0 Å². The van der Waals surface area contributed by atoms with Crippen molar-refractivity contribution in [3.8, 4) is 0 Å². The molecule has 1 aromatic rings. The quantitative estimate of drug-likeness (QED) is 0.631. The van der Waals surface area contributed by atoms with Gasteiger partial charge in [-0.15, -0.1) is 0 Å². The highest BCUT2D eigenvalue weighted by atomic mass is 19.3. The Kier molecular flexibility index (Phi) is 6.03. The summed E-state index contributed by atoms with van der Waals surface area (Å²) in [5.74, 6) is -4.35. The van der Waals surface area contributed by atoms with Crippen LogP contribution in [0.3, 0.4) is 0 Å². The van der Waals surface area contributed by atoms with Gasteiger partial charge in [-0.2, -0.15) is 13.9 Å². The second kappa shape index (κ2) is 8.65. The Labute approximate surface area is 162 Å². The SMILES string of the molecule is CC1/C=C\C(C(F)(F)C(=N)N2CC=CC(c3ccncc3)=N2)=C/C/C=C\C=N/1. The van der Waals surface area contributed by atoms with Gasteiger partial charge in [0, 0.05) is 29.7 Å². The monoisotopic (exact) mass is 381 g/mol. The molecule has 3 heterocycles. The second-order valence-electron chi connectivity index (χ2n) is 6.35. The lowest BCUT2D eigenvalue weighted by Gasteiger charge is -2.28. The summed E-state index contributed by atoms with van der Waals surface area (Å²) in [7, 11) is 0. The number of hydrogen-bond acceptors (Lipinski definition) is 4.